The molecule has 10 heteroatoms. The lowest BCUT2D eigenvalue weighted by Gasteiger charge is -2.09. The number of hydrogen-bond donors (Lipinski definition) is 2. The number of nitrogens with zero attached hydrogens (tertiary/aromatic N) is 2. The predicted molar refractivity (Wildman–Crippen MR) is 114 cm³/mol. The average Bonchev–Trinajstić information content (AvgIpc) is 3.07. The van der Waals surface area contributed by atoms with Gasteiger partial charge in [0.2, 0.25) is 11.8 Å². The van der Waals surface area contributed by atoms with Gasteiger partial charge in [0.15, 0.2) is 5.16 Å². The minimum atomic E-state index is -4.45. The van der Waals surface area contributed by atoms with Gasteiger partial charge < -0.3 is 15.6 Å². The van der Waals surface area contributed by atoms with Crippen molar-refractivity contribution >= 4 is 40.3 Å². The molecule has 31 heavy (non-hydrogen) atoms. The van der Waals surface area contributed by atoms with Gasteiger partial charge >= 0.3 is 6.18 Å². The average molecular weight is 450 g/mol. The molecular weight excluding hydrogens is 429 g/mol. The highest BCUT2D eigenvalue weighted by molar-refractivity contribution is 7.99. The number of hydrogen-bond acceptors (Lipinski definition) is 4. The van der Waals surface area contributed by atoms with Gasteiger partial charge in [0.1, 0.15) is 0 Å². The van der Waals surface area contributed by atoms with E-state index in [1.165, 1.54) is 18.2 Å². The quantitative estimate of drug-likeness (QED) is 0.488. The number of carbonyl (C=O) groups excluding carboxylic acids is 2. The first-order chi connectivity index (χ1) is 14.7. The Hall–Kier alpha value is -3.01. The fourth-order valence-corrected chi connectivity index (χ4v) is 3.81. The number of nitrogens with two attached hydrogens (primary N) is 1. The van der Waals surface area contributed by atoms with Crippen molar-refractivity contribution in [3.8, 4) is 0 Å². The number of anilines is 1. The summed E-state index contributed by atoms with van der Waals surface area (Å²) in [6.45, 7) is 2.61. The molecule has 1 aromatic heterocycles. The van der Waals surface area contributed by atoms with Crippen LogP contribution in [0.2, 0.25) is 0 Å². The highest BCUT2D eigenvalue weighted by atomic mass is 32.2. The second kappa shape index (κ2) is 9.42. The number of primary amides is 1. The monoisotopic (exact) mass is 450 g/mol. The SMILES string of the molecule is CCCCn1c(SCC(=O)Nc2ccc(C(N)=O)cc2)nc2cc(C(F)(F)F)ccc21. The van der Waals surface area contributed by atoms with Crippen molar-refractivity contribution in [3.63, 3.8) is 0 Å². The van der Waals surface area contributed by atoms with Crippen LogP contribution in [0.4, 0.5) is 18.9 Å². The lowest BCUT2D eigenvalue weighted by atomic mass is 10.2. The second-order valence-corrected chi connectivity index (χ2v) is 7.82. The molecule has 2 aromatic carbocycles. The fraction of sp³-hybridized carbons (Fsp3) is 0.286. The van der Waals surface area contributed by atoms with E-state index in [-0.39, 0.29) is 17.2 Å². The van der Waals surface area contributed by atoms with Gasteiger partial charge in [-0.15, -0.1) is 0 Å². The van der Waals surface area contributed by atoms with Crippen LogP contribution in [-0.4, -0.2) is 27.1 Å². The molecule has 0 aliphatic heterocycles. The van der Waals surface area contributed by atoms with Crippen LogP contribution in [0.5, 0.6) is 0 Å². The molecule has 3 rings (SSSR count). The minimum absolute atomic E-state index is 0.0269. The minimum Gasteiger partial charge on any atom is -0.366 e. The topological polar surface area (TPSA) is 90.0 Å². The summed E-state index contributed by atoms with van der Waals surface area (Å²) in [5.74, 6) is -0.839. The van der Waals surface area contributed by atoms with Gasteiger partial charge in [0.25, 0.3) is 0 Å². The molecule has 0 spiro atoms. The Morgan fingerprint density at radius 3 is 2.48 bits per heavy atom. The van der Waals surface area contributed by atoms with E-state index in [0.717, 1.165) is 36.7 Å². The van der Waals surface area contributed by atoms with Crippen molar-refractivity contribution < 1.29 is 22.8 Å². The van der Waals surface area contributed by atoms with Crippen LogP contribution in [0, 0.1) is 0 Å². The van der Waals surface area contributed by atoms with Crippen molar-refractivity contribution in [2.45, 2.75) is 37.6 Å². The van der Waals surface area contributed by atoms with Crippen LogP contribution in [0.1, 0.15) is 35.7 Å². The Morgan fingerprint density at radius 1 is 1.16 bits per heavy atom. The van der Waals surface area contributed by atoms with E-state index in [4.69, 9.17) is 5.73 Å². The Kier molecular flexibility index (Phi) is 6.89. The lowest BCUT2D eigenvalue weighted by molar-refractivity contribution is -0.137. The summed E-state index contributed by atoms with van der Waals surface area (Å²) in [4.78, 5) is 27.8. The van der Waals surface area contributed by atoms with Crippen LogP contribution < -0.4 is 11.1 Å². The zero-order valence-electron chi connectivity index (χ0n) is 16.7. The smallest absolute Gasteiger partial charge is 0.366 e. The molecule has 0 atom stereocenters. The van der Waals surface area contributed by atoms with Crippen molar-refractivity contribution in [1.82, 2.24) is 9.55 Å². The first-order valence-corrected chi connectivity index (χ1v) is 10.6. The maximum Gasteiger partial charge on any atom is 0.416 e. The molecule has 2 amide bonds. The summed E-state index contributed by atoms with van der Waals surface area (Å²) < 4.78 is 41.0. The van der Waals surface area contributed by atoms with Gasteiger partial charge in [-0.05, 0) is 48.9 Å². The van der Waals surface area contributed by atoms with E-state index in [1.54, 1.807) is 12.1 Å². The zero-order chi connectivity index (χ0) is 22.6. The molecule has 6 nitrogen and oxygen atoms in total. The molecule has 0 aliphatic rings. The van der Waals surface area contributed by atoms with E-state index in [0.29, 0.717) is 28.5 Å². The van der Waals surface area contributed by atoms with Crippen molar-refractivity contribution in [1.29, 1.82) is 0 Å². The van der Waals surface area contributed by atoms with Crippen LogP contribution in [-0.2, 0) is 17.5 Å². The largest absolute Gasteiger partial charge is 0.416 e. The number of aromatic nitrogens is 2. The van der Waals surface area contributed by atoms with Crippen LogP contribution in [0.15, 0.2) is 47.6 Å². The van der Waals surface area contributed by atoms with E-state index in [9.17, 15) is 22.8 Å². The maximum atomic E-state index is 13.0. The van der Waals surface area contributed by atoms with Gasteiger partial charge in [-0.25, -0.2) is 4.98 Å². The molecule has 0 unspecified atom stereocenters. The summed E-state index contributed by atoms with van der Waals surface area (Å²) in [7, 11) is 0. The lowest BCUT2D eigenvalue weighted by Crippen LogP contribution is -2.15. The third kappa shape index (κ3) is 5.57. The zero-order valence-corrected chi connectivity index (χ0v) is 17.5. The first kappa shape index (κ1) is 22.7. The Bertz CT molecular complexity index is 1090. The number of amides is 2. The number of unbranched alkanes of at least 4 members (excludes halogenated alkanes) is 1. The molecule has 0 radical (unpaired) electrons. The summed E-state index contributed by atoms with van der Waals surface area (Å²) in [5, 5.41) is 3.19. The molecule has 0 saturated heterocycles. The van der Waals surface area contributed by atoms with Crippen molar-refractivity contribution in [3.05, 3.63) is 53.6 Å². The third-order valence-electron chi connectivity index (χ3n) is 4.56. The van der Waals surface area contributed by atoms with Gasteiger partial charge in [0.05, 0.1) is 22.3 Å². The molecule has 1 heterocycles. The maximum absolute atomic E-state index is 13.0. The number of rotatable bonds is 8. The molecule has 0 saturated carbocycles. The first-order valence-electron chi connectivity index (χ1n) is 9.59. The summed E-state index contributed by atoms with van der Waals surface area (Å²) in [6, 6.07) is 9.65. The Morgan fingerprint density at radius 2 is 1.87 bits per heavy atom. The highest BCUT2D eigenvalue weighted by Crippen LogP contribution is 2.33. The Balaban J connectivity index is 1.75. The van der Waals surface area contributed by atoms with Crippen molar-refractivity contribution in [2.75, 3.05) is 11.1 Å². The molecule has 0 bridgehead atoms. The molecule has 0 aliphatic carbocycles. The summed E-state index contributed by atoms with van der Waals surface area (Å²) >= 11 is 1.16. The second-order valence-electron chi connectivity index (χ2n) is 6.88. The van der Waals surface area contributed by atoms with Crippen molar-refractivity contribution in [2.24, 2.45) is 5.73 Å². The van der Waals surface area contributed by atoms with Gasteiger partial charge in [-0.1, -0.05) is 25.1 Å². The molecular formula is C21H21F3N4O2S. The van der Waals surface area contributed by atoms with E-state index < -0.39 is 17.6 Å². The molecule has 164 valence electrons. The number of benzene rings is 2. The molecule has 3 aromatic rings. The summed E-state index contributed by atoms with van der Waals surface area (Å²) in [5.41, 5.74) is 6.12. The van der Waals surface area contributed by atoms with Crippen LogP contribution >= 0.6 is 11.8 Å². The number of fused-ring (bicyclic) bond motifs is 1. The van der Waals surface area contributed by atoms with Crippen LogP contribution in [0.3, 0.4) is 0 Å². The predicted octanol–water partition coefficient (Wildman–Crippen LogP) is 4.68. The van der Waals surface area contributed by atoms with Gasteiger partial charge in [-0.2, -0.15) is 13.2 Å². The number of carbonyl (C=O) groups is 2. The fourth-order valence-electron chi connectivity index (χ4n) is 2.97. The number of nitrogens with one attached hydrogen (secondary N) is 1. The number of alkyl halides is 3. The van der Waals surface area contributed by atoms with Crippen LogP contribution in [0.25, 0.3) is 11.0 Å². The van der Waals surface area contributed by atoms with E-state index in [2.05, 4.69) is 10.3 Å². The van der Waals surface area contributed by atoms with Gasteiger partial charge in [0, 0.05) is 17.8 Å². The number of halogens is 3. The molecule has 0 fully saturated rings. The normalized spacial score (nSPS) is 11.6. The van der Waals surface area contributed by atoms with E-state index in [1.807, 2.05) is 11.5 Å². The van der Waals surface area contributed by atoms with Gasteiger partial charge in [-0.3, -0.25) is 9.59 Å². The number of aryl methyl sites for hydroxylation is 1. The summed E-state index contributed by atoms with van der Waals surface area (Å²) in [6.07, 6.45) is -2.71. The third-order valence-corrected chi connectivity index (χ3v) is 5.54. The standard InChI is InChI=1S/C21H21F3N4O2S/c1-2-3-10-28-17-9-6-14(21(22,23)24)11-16(17)27-20(28)31-12-18(29)26-15-7-4-13(5-8-15)19(25)30/h4-9,11H,2-3,10,12H2,1H3,(H2,25,30)(H,26,29). The number of thioether (sulfide) groups is 1. The number of imidazole rings is 1. The Labute approximate surface area is 181 Å². The molecule has 3 N–H and O–H groups in total. The highest BCUT2D eigenvalue weighted by Gasteiger charge is 2.31. The van der Waals surface area contributed by atoms with E-state index >= 15 is 0 Å².